The van der Waals surface area contributed by atoms with E-state index in [0.717, 1.165) is 0 Å². The van der Waals surface area contributed by atoms with Gasteiger partial charge in [0.05, 0.1) is 14.2 Å². The van der Waals surface area contributed by atoms with E-state index in [1.807, 2.05) is 0 Å². The maximum Gasteiger partial charge on any atom is 0.220 e. The minimum Gasteiger partial charge on any atom is -0.497 e. The Bertz CT molecular complexity index is 765. The molecule has 0 bridgehead atoms. The van der Waals surface area contributed by atoms with E-state index in [0.29, 0.717) is 34.5 Å². The first-order chi connectivity index (χ1) is 12.7. The van der Waals surface area contributed by atoms with Crippen molar-refractivity contribution in [2.24, 2.45) is 0 Å². The van der Waals surface area contributed by atoms with Crippen molar-refractivity contribution in [3.8, 4) is 34.5 Å². The molecule has 0 aromatic heterocycles. The van der Waals surface area contributed by atoms with E-state index in [2.05, 4.69) is 0 Å². The maximum absolute atomic E-state index is 12.8. The average Bonchev–Trinajstić information content (AvgIpc) is 2.71. The summed E-state index contributed by atoms with van der Waals surface area (Å²) in [6, 6.07) is 10.4. The molecule has 0 amide bonds. The van der Waals surface area contributed by atoms with Crippen LogP contribution in [0, 0.1) is 0 Å². The minimum absolute atomic E-state index is 0.114. The number of rotatable bonds is 4. The Morgan fingerprint density at radius 3 is 1.69 bits per heavy atom. The van der Waals surface area contributed by atoms with Gasteiger partial charge in [-0.15, -0.1) is 0 Å². The van der Waals surface area contributed by atoms with Crippen molar-refractivity contribution in [1.29, 1.82) is 0 Å². The third-order valence-corrected chi connectivity index (χ3v) is 4.26. The SMILES string of the molecule is COc1ccc2c(c1)OC(C(=O)C1COc3ccc(OC)cc3O1)CO2. The van der Waals surface area contributed by atoms with E-state index < -0.39 is 12.2 Å². The molecule has 2 heterocycles. The van der Waals surface area contributed by atoms with Gasteiger partial charge in [-0.05, 0) is 24.3 Å². The van der Waals surface area contributed by atoms with Crippen LogP contribution in [0.25, 0.3) is 0 Å². The topological polar surface area (TPSA) is 72.5 Å². The van der Waals surface area contributed by atoms with Crippen LogP contribution < -0.4 is 28.4 Å². The van der Waals surface area contributed by atoms with Gasteiger partial charge in [-0.3, -0.25) is 4.79 Å². The lowest BCUT2D eigenvalue weighted by atomic mass is 10.1. The van der Waals surface area contributed by atoms with Gasteiger partial charge in [-0.1, -0.05) is 0 Å². The summed E-state index contributed by atoms with van der Waals surface area (Å²) in [5, 5.41) is 0. The molecule has 0 fully saturated rings. The van der Waals surface area contributed by atoms with Crippen molar-refractivity contribution in [3.05, 3.63) is 36.4 Å². The summed E-state index contributed by atoms with van der Waals surface area (Å²) in [6.45, 7) is 0.228. The van der Waals surface area contributed by atoms with Gasteiger partial charge in [0.1, 0.15) is 24.7 Å². The second-order valence-electron chi connectivity index (χ2n) is 5.86. The van der Waals surface area contributed by atoms with E-state index in [-0.39, 0.29) is 19.0 Å². The van der Waals surface area contributed by atoms with Crippen LogP contribution in [0.4, 0.5) is 0 Å². The molecule has 2 aliphatic rings. The number of carbonyl (C=O) groups is 1. The zero-order valence-electron chi connectivity index (χ0n) is 14.4. The highest BCUT2D eigenvalue weighted by atomic mass is 16.6. The lowest BCUT2D eigenvalue weighted by Crippen LogP contribution is -2.48. The number of benzene rings is 2. The number of methoxy groups -OCH3 is 2. The molecule has 0 spiro atoms. The number of hydrogen-bond donors (Lipinski definition) is 0. The molecule has 2 aromatic rings. The Balaban J connectivity index is 1.49. The second kappa shape index (κ2) is 6.67. The van der Waals surface area contributed by atoms with Gasteiger partial charge in [-0.25, -0.2) is 0 Å². The Morgan fingerprint density at radius 2 is 1.27 bits per heavy atom. The van der Waals surface area contributed by atoms with Gasteiger partial charge in [0.15, 0.2) is 35.2 Å². The van der Waals surface area contributed by atoms with Crippen LogP contribution in [0.15, 0.2) is 36.4 Å². The molecule has 0 saturated carbocycles. The standard InChI is InChI=1S/C19H18O7/c1-21-11-3-5-13-15(7-11)25-17(9-23-13)19(20)18-10-24-14-6-4-12(22-2)8-16(14)26-18/h3-8,17-18H,9-10H2,1-2H3. The largest absolute Gasteiger partial charge is 0.497 e. The fourth-order valence-electron chi connectivity index (χ4n) is 2.85. The number of carbonyl (C=O) groups excluding carboxylic acids is 1. The van der Waals surface area contributed by atoms with E-state index in [9.17, 15) is 4.79 Å². The average molecular weight is 358 g/mol. The first-order valence-corrected chi connectivity index (χ1v) is 8.16. The number of hydrogen-bond acceptors (Lipinski definition) is 7. The van der Waals surface area contributed by atoms with Crippen LogP contribution in [0.3, 0.4) is 0 Å². The second-order valence-corrected chi connectivity index (χ2v) is 5.86. The Hall–Kier alpha value is -3.09. The summed E-state index contributed by atoms with van der Waals surface area (Å²) >= 11 is 0. The fourth-order valence-corrected chi connectivity index (χ4v) is 2.85. The summed E-state index contributed by atoms with van der Waals surface area (Å²) < 4.78 is 33.2. The summed E-state index contributed by atoms with van der Waals surface area (Å²) in [5.74, 6) is 3.08. The third-order valence-electron chi connectivity index (χ3n) is 4.26. The molecule has 136 valence electrons. The van der Waals surface area contributed by atoms with Gasteiger partial charge in [-0.2, -0.15) is 0 Å². The van der Waals surface area contributed by atoms with Gasteiger partial charge < -0.3 is 28.4 Å². The maximum atomic E-state index is 12.8. The molecule has 2 atom stereocenters. The molecule has 2 aliphatic heterocycles. The smallest absolute Gasteiger partial charge is 0.220 e. The summed E-state index contributed by atoms with van der Waals surface area (Å²) in [5.41, 5.74) is 0. The molecule has 2 unspecified atom stereocenters. The molecule has 7 heteroatoms. The van der Waals surface area contributed by atoms with Crippen LogP contribution >= 0.6 is 0 Å². The lowest BCUT2D eigenvalue weighted by Gasteiger charge is -2.31. The predicted molar refractivity (Wildman–Crippen MR) is 90.8 cm³/mol. The van der Waals surface area contributed by atoms with E-state index >= 15 is 0 Å². The van der Waals surface area contributed by atoms with E-state index in [4.69, 9.17) is 28.4 Å². The number of Topliss-reactive ketones (excluding diaryl/α,β-unsaturated/α-hetero) is 1. The molecule has 0 radical (unpaired) electrons. The number of ketones is 1. The van der Waals surface area contributed by atoms with Crippen molar-refractivity contribution in [1.82, 2.24) is 0 Å². The summed E-state index contributed by atoms with van der Waals surface area (Å²) in [4.78, 5) is 12.8. The Labute approximate surface area is 150 Å². The zero-order valence-corrected chi connectivity index (χ0v) is 14.4. The van der Waals surface area contributed by atoms with Crippen LogP contribution in [0.5, 0.6) is 34.5 Å². The number of fused-ring (bicyclic) bond motifs is 2. The molecule has 26 heavy (non-hydrogen) atoms. The molecular formula is C19H18O7. The predicted octanol–water partition coefficient (Wildman–Crippen LogP) is 2.25. The molecule has 2 aromatic carbocycles. The Morgan fingerprint density at radius 1 is 0.808 bits per heavy atom. The van der Waals surface area contributed by atoms with Crippen LogP contribution in [0.2, 0.25) is 0 Å². The van der Waals surface area contributed by atoms with Crippen LogP contribution in [-0.4, -0.2) is 45.4 Å². The molecule has 0 N–H and O–H groups in total. The van der Waals surface area contributed by atoms with E-state index in [1.165, 1.54) is 0 Å². The lowest BCUT2D eigenvalue weighted by molar-refractivity contribution is -0.137. The minimum atomic E-state index is -0.782. The van der Waals surface area contributed by atoms with Crippen molar-refractivity contribution in [2.45, 2.75) is 12.2 Å². The van der Waals surface area contributed by atoms with Gasteiger partial charge in [0.2, 0.25) is 5.78 Å². The quantitative estimate of drug-likeness (QED) is 0.830. The molecule has 0 aliphatic carbocycles. The highest BCUT2D eigenvalue weighted by molar-refractivity contribution is 5.89. The van der Waals surface area contributed by atoms with Crippen molar-refractivity contribution in [3.63, 3.8) is 0 Å². The monoisotopic (exact) mass is 358 g/mol. The fraction of sp³-hybridized carbons (Fsp3) is 0.316. The van der Waals surface area contributed by atoms with Gasteiger partial charge in [0, 0.05) is 12.1 Å². The van der Waals surface area contributed by atoms with Crippen molar-refractivity contribution < 1.29 is 33.2 Å². The molecular weight excluding hydrogens is 340 g/mol. The first kappa shape index (κ1) is 16.4. The highest BCUT2D eigenvalue weighted by Gasteiger charge is 2.37. The highest BCUT2D eigenvalue weighted by Crippen LogP contribution is 2.37. The zero-order chi connectivity index (χ0) is 18.1. The summed E-state index contributed by atoms with van der Waals surface area (Å²) in [6.07, 6.45) is -1.56. The summed E-state index contributed by atoms with van der Waals surface area (Å²) in [7, 11) is 3.12. The molecule has 4 rings (SSSR count). The van der Waals surface area contributed by atoms with E-state index in [1.54, 1.807) is 50.6 Å². The van der Waals surface area contributed by atoms with Crippen molar-refractivity contribution >= 4 is 5.78 Å². The third kappa shape index (κ3) is 2.96. The van der Waals surface area contributed by atoms with Crippen molar-refractivity contribution in [2.75, 3.05) is 27.4 Å². The Kier molecular flexibility index (Phi) is 4.20. The molecule has 7 nitrogen and oxygen atoms in total. The van der Waals surface area contributed by atoms with Crippen LogP contribution in [0.1, 0.15) is 0 Å². The number of ether oxygens (including phenoxy) is 6. The first-order valence-electron chi connectivity index (χ1n) is 8.16. The normalized spacial score (nSPS) is 20.2. The van der Waals surface area contributed by atoms with Gasteiger partial charge in [0.25, 0.3) is 0 Å². The van der Waals surface area contributed by atoms with Crippen LogP contribution in [-0.2, 0) is 4.79 Å². The molecule has 0 saturated heterocycles. The van der Waals surface area contributed by atoms with Gasteiger partial charge >= 0.3 is 0 Å².